The number of carbonyl (C=O) groups is 1. The van der Waals surface area contributed by atoms with Crippen molar-refractivity contribution in [1.29, 1.82) is 0 Å². The molecule has 0 heterocycles. The standard InChI is InChI=1S/C49H92NO7P/c1-6-8-10-12-14-16-18-20-22-23-24-25-26-27-29-31-33-35-37-39-41-44-54-46-48(47-56-58(52,53)55-45-43-50(3,4)5)57-49(51)42-40-38-36-34-32-30-28-21-19-17-15-13-11-9-7-2/h9,11,15,17,21,28,32,34,48H,6-8,10,12-14,16,18-20,22-27,29-31,33,35-47H2,1-5H3/p+1/b11-9-,17-15-,28-21-,34-32-. The van der Waals surface area contributed by atoms with E-state index in [0.717, 1.165) is 51.4 Å². The Morgan fingerprint density at radius 3 is 1.47 bits per heavy atom. The summed E-state index contributed by atoms with van der Waals surface area (Å²) in [5.41, 5.74) is 0. The fraction of sp³-hybridized carbons (Fsp3) is 0.816. The van der Waals surface area contributed by atoms with Crippen molar-refractivity contribution in [2.75, 3.05) is 54.1 Å². The Labute approximate surface area is 358 Å². The van der Waals surface area contributed by atoms with Crippen LogP contribution in [0.4, 0.5) is 0 Å². The molecular weight excluding hydrogens is 746 g/mol. The summed E-state index contributed by atoms with van der Waals surface area (Å²) in [5.74, 6) is -0.352. The smallest absolute Gasteiger partial charge is 0.457 e. The van der Waals surface area contributed by atoms with Gasteiger partial charge in [0.25, 0.3) is 0 Å². The highest BCUT2D eigenvalue weighted by Gasteiger charge is 2.26. The van der Waals surface area contributed by atoms with E-state index in [1.807, 2.05) is 21.1 Å². The van der Waals surface area contributed by atoms with Gasteiger partial charge in [-0.3, -0.25) is 13.8 Å². The van der Waals surface area contributed by atoms with E-state index in [1.54, 1.807) is 0 Å². The van der Waals surface area contributed by atoms with Crippen LogP contribution in [0.5, 0.6) is 0 Å². The van der Waals surface area contributed by atoms with Crippen LogP contribution in [0.3, 0.4) is 0 Å². The highest BCUT2D eigenvalue weighted by Crippen LogP contribution is 2.43. The second kappa shape index (κ2) is 42.2. The lowest BCUT2D eigenvalue weighted by Crippen LogP contribution is -2.37. The van der Waals surface area contributed by atoms with Crippen molar-refractivity contribution < 1.29 is 37.3 Å². The van der Waals surface area contributed by atoms with Crippen LogP contribution in [0.1, 0.15) is 200 Å². The van der Waals surface area contributed by atoms with Crippen molar-refractivity contribution in [2.45, 2.75) is 206 Å². The van der Waals surface area contributed by atoms with E-state index in [0.29, 0.717) is 24.1 Å². The van der Waals surface area contributed by atoms with Gasteiger partial charge in [0.2, 0.25) is 0 Å². The molecule has 8 nitrogen and oxygen atoms in total. The molecule has 0 saturated heterocycles. The van der Waals surface area contributed by atoms with Crippen LogP contribution in [-0.2, 0) is 27.9 Å². The molecule has 1 N–H and O–H groups in total. The van der Waals surface area contributed by atoms with Gasteiger partial charge in [-0.1, -0.05) is 191 Å². The van der Waals surface area contributed by atoms with E-state index in [2.05, 4.69) is 62.5 Å². The highest BCUT2D eigenvalue weighted by atomic mass is 31.2. The number of quaternary nitrogens is 1. The molecule has 340 valence electrons. The minimum absolute atomic E-state index is 0.0803. The number of hydrogen-bond acceptors (Lipinski definition) is 6. The van der Waals surface area contributed by atoms with E-state index in [1.165, 1.54) is 122 Å². The summed E-state index contributed by atoms with van der Waals surface area (Å²) >= 11 is 0. The largest absolute Gasteiger partial charge is 0.472 e. The number of esters is 1. The third kappa shape index (κ3) is 45.5. The molecule has 2 unspecified atom stereocenters. The minimum atomic E-state index is -4.29. The average molecular weight is 839 g/mol. The van der Waals surface area contributed by atoms with Crippen molar-refractivity contribution in [3.05, 3.63) is 48.6 Å². The molecular formula is C49H93NO7P+. The highest BCUT2D eigenvalue weighted by molar-refractivity contribution is 7.47. The minimum Gasteiger partial charge on any atom is -0.457 e. The van der Waals surface area contributed by atoms with Crippen molar-refractivity contribution in [2.24, 2.45) is 0 Å². The molecule has 0 aromatic rings. The molecule has 0 aliphatic carbocycles. The normalized spacial score (nSPS) is 14.1. The van der Waals surface area contributed by atoms with Crippen molar-refractivity contribution in [3.8, 4) is 0 Å². The molecule has 0 aliphatic heterocycles. The number of rotatable bonds is 44. The second-order valence-electron chi connectivity index (χ2n) is 17.1. The molecule has 0 radical (unpaired) electrons. The summed E-state index contributed by atoms with van der Waals surface area (Å²) in [5, 5.41) is 0. The summed E-state index contributed by atoms with van der Waals surface area (Å²) in [7, 11) is 1.64. The Bertz CT molecular complexity index is 1070. The first-order chi connectivity index (χ1) is 28.1. The zero-order chi connectivity index (χ0) is 42.7. The predicted molar refractivity (Wildman–Crippen MR) is 247 cm³/mol. The average Bonchev–Trinajstić information content (AvgIpc) is 3.18. The zero-order valence-electron chi connectivity index (χ0n) is 38.5. The maximum Gasteiger partial charge on any atom is 0.472 e. The van der Waals surface area contributed by atoms with Gasteiger partial charge in [-0.15, -0.1) is 0 Å². The van der Waals surface area contributed by atoms with E-state index in [-0.39, 0.29) is 32.2 Å². The fourth-order valence-electron chi connectivity index (χ4n) is 6.49. The van der Waals surface area contributed by atoms with E-state index < -0.39 is 13.9 Å². The Balaban J connectivity index is 4.18. The molecule has 58 heavy (non-hydrogen) atoms. The van der Waals surface area contributed by atoms with Crippen molar-refractivity contribution in [3.63, 3.8) is 0 Å². The molecule has 9 heteroatoms. The second-order valence-corrected chi connectivity index (χ2v) is 18.6. The summed E-state index contributed by atoms with van der Waals surface area (Å²) in [6.45, 7) is 5.47. The lowest BCUT2D eigenvalue weighted by molar-refractivity contribution is -0.870. The third-order valence-corrected chi connectivity index (χ3v) is 11.1. The Morgan fingerprint density at radius 1 is 0.552 bits per heavy atom. The number of phosphoric acid groups is 1. The maximum atomic E-state index is 12.7. The van der Waals surface area contributed by atoms with Crippen LogP contribution in [-0.4, -0.2) is 75.6 Å². The van der Waals surface area contributed by atoms with Gasteiger partial charge in [0, 0.05) is 13.0 Å². The lowest BCUT2D eigenvalue weighted by Gasteiger charge is -2.24. The number of carbonyl (C=O) groups excluding carboxylic acids is 1. The molecule has 0 aromatic carbocycles. The molecule has 0 amide bonds. The van der Waals surface area contributed by atoms with Crippen LogP contribution in [0.25, 0.3) is 0 Å². The number of phosphoric ester groups is 1. The first kappa shape index (κ1) is 56.5. The Hall–Kier alpha value is -1.54. The van der Waals surface area contributed by atoms with Gasteiger partial charge in [0.05, 0.1) is 34.4 Å². The molecule has 0 spiro atoms. The number of nitrogens with zero attached hydrogens (tertiary/aromatic N) is 1. The van der Waals surface area contributed by atoms with Crippen LogP contribution >= 0.6 is 7.82 Å². The van der Waals surface area contributed by atoms with Crippen LogP contribution in [0.2, 0.25) is 0 Å². The third-order valence-electron chi connectivity index (χ3n) is 10.2. The summed E-state index contributed by atoms with van der Waals surface area (Å²) < 4.78 is 35.0. The zero-order valence-corrected chi connectivity index (χ0v) is 39.4. The van der Waals surface area contributed by atoms with Gasteiger partial charge < -0.3 is 18.9 Å². The number of unbranched alkanes of at least 4 members (excludes halogenated alkanes) is 22. The quantitative estimate of drug-likeness (QED) is 0.0215. The van der Waals surface area contributed by atoms with Crippen LogP contribution in [0, 0.1) is 0 Å². The monoisotopic (exact) mass is 839 g/mol. The molecule has 0 bridgehead atoms. The molecule has 0 aliphatic rings. The predicted octanol–water partition coefficient (Wildman–Crippen LogP) is 14.3. The lowest BCUT2D eigenvalue weighted by atomic mass is 10.0. The topological polar surface area (TPSA) is 91.3 Å². The molecule has 0 rings (SSSR count). The van der Waals surface area contributed by atoms with E-state index in [9.17, 15) is 14.3 Å². The van der Waals surface area contributed by atoms with Crippen molar-refractivity contribution >= 4 is 13.8 Å². The van der Waals surface area contributed by atoms with Crippen LogP contribution in [0.15, 0.2) is 48.6 Å². The first-order valence-corrected chi connectivity index (χ1v) is 25.4. The first-order valence-electron chi connectivity index (χ1n) is 23.9. The molecule has 0 saturated carbocycles. The Morgan fingerprint density at radius 2 is 1.00 bits per heavy atom. The number of allylic oxidation sites excluding steroid dienone is 8. The fourth-order valence-corrected chi connectivity index (χ4v) is 7.23. The van der Waals surface area contributed by atoms with E-state index in [4.69, 9.17) is 18.5 Å². The Kier molecular flexibility index (Phi) is 41.0. The molecule has 2 atom stereocenters. The summed E-state index contributed by atoms with van der Waals surface area (Å²) in [6.07, 6.45) is 51.6. The van der Waals surface area contributed by atoms with Crippen LogP contribution < -0.4 is 0 Å². The van der Waals surface area contributed by atoms with Crippen molar-refractivity contribution in [1.82, 2.24) is 0 Å². The molecule has 0 fully saturated rings. The molecule has 0 aromatic heterocycles. The maximum absolute atomic E-state index is 12.7. The van der Waals surface area contributed by atoms with E-state index >= 15 is 0 Å². The SMILES string of the molecule is CC/C=C\C/C=C\C/C=C\C/C=C\CCCCC(=O)OC(COCCCCCCCCCCCCCCCCCCCCCCC)COP(=O)(O)OCC[N+](C)(C)C. The summed E-state index contributed by atoms with van der Waals surface area (Å²) in [6, 6.07) is 0. The van der Waals surface area contributed by atoms with Gasteiger partial charge in [-0.2, -0.15) is 0 Å². The van der Waals surface area contributed by atoms with Gasteiger partial charge in [-0.05, 0) is 51.4 Å². The van der Waals surface area contributed by atoms with Gasteiger partial charge >= 0.3 is 13.8 Å². The van der Waals surface area contributed by atoms with Gasteiger partial charge in [-0.25, -0.2) is 4.57 Å². The van der Waals surface area contributed by atoms with Gasteiger partial charge in [0.1, 0.15) is 19.3 Å². The summed E-state index contributed by atoms with van der Waals surface area (Å²) in [4.78, 5) is 22.9. The number of ether oxygens (including phenoxy) is 2. The number of likely N-dealkylation sites (N-methyl/N-ethyl adjacent to an activating group) is 1. The number of hydrogen-bond donors (Lipinski definition) is 1. The van der Waals surface area contributed by atoms with Gasteiger partial charge in [0.15, 0.2) is 0 Å².